The van der Waals surface area contributed by atoms with Crippen LogP contribution in [-0.4, -0.2) is 19.6 Å². The van der Waals surface area contributed by atoms with Gasteiger partial charge in [0.2, 0.25) is 0 Å². The van der Waals surface area contributed by atoms with Crippen LogP contribution in [0, 0.1) is 5.92 Å². The lowest BCUT2D eigenvalue weighted by atomic mass is 9.89. The lowest BCUT2D eigenvalue weighted by molar-refractivity contribution is 0.508. The first kappa shape index (κ1) is 10.3. The fourth-order valence-electron chi connectivity index (χ4n) is 2.79. The maximum Gasteiger partial charge on any atom is 0.349 e. The van der Waals surface area contributed by atoms with E-state index < -0.39 is 0 Å². The third-order valence-electron chi connectivity index (χ3n) is 3.69. The molecule has 3 aromatic rings. The van der Waals surface area contributed by atoms with Crippen LogP contribution in [0.4, 0.5) is 0 Å². The molecule has 1 N–H and O–H groups in total. The Labute approximate surface area is 106 Å². The molecule has 0 aromatic carbocycles. The smallest absolute Gasteiger partial charge is 0.297 e. The van der Waals surface area contributed by atoms with E-state index in [2.05, 4.69) is 22.0 Å². The van der Waals surface area contributed by atoms with Gasteiger partial charge in [-0.15, -0.1) is 11.3 Å². The van der Waals surface area contributed by atoms with Gasteiger partial charge in [0.1, 0.15) is 11.2 Å². The van der Waals surface area contributed by atoms with Crippen LogP contribution in [0.5, 0.6) is 0 Å². The summed E-state index contributed by atoms with van der Waals surface area (Å²) in [4.78, 5) is 21.4. The molecule has 3 aromatic heterocycles. The lowest BCUT2D eigenvalue weighted by Crippen LogP contribution is -2.17. The van der Waals surface area contributed by atoms with Gasteiger partial charge in [-0.25, -0.2) is 9.78 Å². The molecular formula is C12H12N4OS. The zero-order chi connectivity index (χ0) is 12.3. The average molecular weight is 260 g/mol. The fourth-order valence-corrected chi connectivity index (χ4v) is 4.02. The molecule has 5 nitrogen and oxygen atoms in total. The number of nitrogens with one attached hydrogen (secondary N) is 1. The van der Waals surface area contributed by atoms with Gasteiger partial charge in [0.15, 0.2) is 5.65 Å². The summed E-state index contributed by atoms with van der Waals surface area (Å²) in [5.41, 5.74) is 1.85. The quantitative estimate of drug-likeness (QED) is 0.670. The van der Waals surface area contributed by atoms with Gasteiger partial charge in [-0.2, -0.15) is 9.61 Å². The standard InChI is InChI=1S/C12H12N4OS/c1-6-2-3-8-7(4-6)9-10-13-5-14-16(10)12(17)15-11(9)18-8/h5-6H,2-4H2,1H3,(H,15,17)/t6-/m1/s1. The Morgan fingerprint density at radius 2 is 2.44 bits per heavy atom. The molecule has 3 heterocycles. The minimum atomic E-state index is -0.207. The number of thiophene rings is 1. The van der Waals surface area contributed by atoms with Crippen molar-refractivity contribution in [2.24, 2.45) is 5.92 Å². The summed E-state index contributed by atoms with van der Waals surface area (Å²) < 4.78 is 1.36. The third-order valence-corrected chi connectivity index (χ3v) is 4.90. The van der Waals surface area contributed by atoms with Crippen LogP contribution < -0.4 is 5.69 Å². The van der Waals surface area contributed by atoms with Crippen LogP contribution in [0.1, 0.15) is 23.8 Å². The van der Waals surface area contributed by atoms with Gasteiger partial charge in [-0.05, 0) is 30.7 Å². The van der Waals surface area contributed by atoms with Crippen LogP contribution in [0.25, 0.3) is 15.9 Å². The minimum Gasteiger partial charge on any atom is -0.297 e. The normalized spacial score (nSPS) is 19.5. The van der Waals surface area contributed by atoms with Crippen molar-refractivity contribution in [1.82, 2.24) is 19.6 Å². The third kappa shape index (κ3) is 1.23. The van der Waals surface area contributed by atoms with Gasteiger partial charge in [-0.1, -0.05) is 6.92 Å². The number of fused-ring (bicyclic) bond motifs is 5. The van der Waals surface area contributed by atoms with Crippen molar-refractivity contribution in [3.8, 4) is 0 Å². The summed E-state index contributed by atoms with van der Waals surface area (Å²) in [6, 6.07) is 0. The molecule has 1 aliphatic carbocycles. The Morgan fingerprint density at radius 1 is 1.56 bits per heavy atom. The average Bonchev–Trinajstić information content (AvgIpc) is 2.92. The van der Waals surface area contributed by atoms with E-state index in [1.807, 2.05) is 0 Å². The molecule has 18 heavy (non-hydrogen) atoms. The van der Waals surface area contributed by atoms with Crippen molar-refractivity contribution in [1.29, 1.82) is 0 Å². The van der Waals surface area contributed by atoms with Crippen molar-refractivity contribution in [2.45, 2.75) is 26.2 Å². The number of rotatable bonds is 0. The predicted molar refractivity (Wildman–Crippen MR) is 70.2 cm³/mol. The summed E-state index contributed by atoms with van der Waals surface area (Å²) in [6.45, 7) is 2.28. The zero-order valence-corrected chi connectivity index (χ0v) is 10.8. The Bertz CT molecular complexity index is 813. The molecule has 0 unspecified atom stereocenters. The second-order valence-electron chi connectivity index (χ2n) is 4.98. The first-order chi connectivity index (χ1) is 8.74. The molecule has 92 valence electrons. The molecule has 4 rings (SSSR count). The molecular weight excluding hydrogens is 248 g/mol. The van der Waals surface area contributed by atoms with E-state index in [0.717, 1.165) is 23.1 Å². The predicted octanol–water partition coefficient (Wildman–Crippen LogP) is 1.76. The maximum atomic E-state index is 11.8. The van der Waals surface area contributed by atoms with Crippen molar-refractivity contribution in [3.05, 3.63) is 27.3 Å². The zero-order valence-electron chi connectivity index (χ0n) is 9.93. The van der Waals surface area contributed by atoms with E-state index in [4.69, 9.17) is 0 Å². The monoisotopic (exact) mass is 260 g/mol. The van der Waals surface area contributed by atoms with Gasteiger partial charge in [0, 0.05) is 4.88 Å². The number of H-pyrrole nitrogens is 1. The van der Waals surface area contributed by atoms with E-state index in [9.17, 15) is 4.79 Å². The second-order valence-corrected chi connectivity index (χ2v) is 6.09. The molecule has 0 spiro atoms. The number of hydrogen-bond donors (Lipinski definition) is 1. The van der Waals surface area contributed by atoms with Crippen molar-refractivity contribution in [3.63, 3.8) is 0 Å². The molecule has 0 saturated heterocycles. The molecule has 0 amide bonds. The highest BCUT2D eigenvalue weighted by molar-refractivity contribution is 7.19. The topological polar surface area (TPSA) is 63.0 Å². The van der Waals surface area contributed by atoms with E-state index in [-0.39, 0.29) is 5.69 Å². The number of aryl methyl sites for hydroxylation is 1. The van der Waals surface area contributed by atoms with Crippen LogP contribution in [0.2, 0.25) is 0 Å². The van der Waals surface area contributed by atoms with E-state index >= 15 is 0 Å². The molecule has 0 bridgehead atoms. The van der Waals surface area contributed by atoms with Gasteiger partial charge in [-0.3, -0.25) is 4.98 Å². The molecule has 0 aliphatic heterocycles. The fraction of sp³-hybridized carbons (Fsp3) is 0.417. The number of hydrogen-bond acceptors (Lipinski definition) is 4. The number of aromatic amines is 1. The first-order valence-electron chi connectivity index (χ1n) is 6.10. The molecule has 6 heteroatoms. The Kier molecular flexibility index (Phi) is 1.94. The molecule has 0 saturated carbocycles. The SMILES string of the molecule is C[C@@H]1CCc2sc3[nH]c(=O)n4ncnc4c3c2C1. The summed E-state index contributed by atoms with van der Waals surface area (Å²) >= 11 is 1.70. The summed E-state index contributed by atoms with van der Waals surface area (Å²) in [5.74, 6) is 0.699. The largest absolute Gasteiger partial charge is 0.349 e. The van der Waals surface area contributed by atoms with Crippen LogP contribution >= 0.6 is 11.3 Å². The summed E-state index contributed by atoms with van der Waals surface area (Å²) in [6.07, 6.45) is 4.86. The Hall–Kier alpha value is -1.69. The number of nitrogens with zero attached hydrogens (tertiary/aromatic N) is 3. The summed E-state index contributed by atoms with van der Waals surface area (Å²) in [7, 11) is 0. The molecule has 0 radical (unpaired) electrons. The molecule has 1 atom stereocenters. The minimum absolute atomic E-state index is 0.207. The highest BCUT2D eigenvalue weighted by Gasteiger charge is 2.23. The van der Waals surface area contributed by atoms with Crippen molar-refractivity contribution < 1.29 is 0 Å². The lowest BCUT2D eigenvalue weighted by Gasteiger charge is -2.17. The Balaban J connectivity index is 2.19. The second kappa shape index (κ2) is 3.41. The highest BCUT2D eigenvalue weighted by Crippen LogP contribution is 2.37. The van der Waals surface area contributed by atoms with Gasteiger partial charge in [0.05, 0.1) is 5.39 Å². The molecule has 0 fully saturated rings. The van der Waals surface area contributed by atoms with Crippen molar-refractivity contribution >= 4 is 27.2 Å². The maximum absolute atomic E-state index is 11.8. The first-order valence-corrected chi connectivity index (χ1v) is 6.92. The summed E-state index contributed by atoms with van der Waals surface area (Å²) in [5, 5.41) is 5.08. The number of aromatic nitrogens is 4. The Morgan fingerprint density at radius 3 is 3.33 bits per heavy atom. The highest BCUT2D eigenvalue weighted by atomic mass is 32.1. The molecule has 1 aliphatic rings. The van der Waals surface area contributed by atoms with Crippen LogP contribution in [0.3, 0.4) is 0 Å². The van der Waals surface area contributed by atoms with Gasteiger partial charge in [0.25, 0.3) is 0 Å². The van der Waals surface area contributed by atoms with E-state index in [1.54, 1.807) is 11.3 Å². The van der Waals surface area contributed by atoms with E-state index in [0.29, 0.717) is 11.6 Å². The van der Waals surface area contributed by atoms with Gasteiger partial charge >= 0.3 is 5.69 Å². The van der Waals surface area contributed by atoms with Crippen molar-refractivity contribution in [2.75, 3.05) is 0 Å². The van der Waals surface area contributed by atoms with Gasteiger partial charge < -0.3 is 0 Å². The van der Waals surface area contributed by atoms with Crippen LogP contribution in [0.15, 0.2) is 11.1 Å². The van der Waals surface area contributed by atoms with E-state index in [1.165, 1.54) is 27.7 Å². The van der Waals surface area contributed by atoms with Crippen LogP contribution in [-0.2, 0) is 12.8 Å².